The third-order valence-corrected chi connectivity index (χ3v) is 3.86. The molecule has 1 aromatic heterocycles. The number of nitrogens with zero attached hydrogens (tertiary/aromatic N) is 3. The predicted molar refractivity (Wildman–Crippen MR) is 81.6 cm³/mol. The van der Waals surface area contributed by atoms with Crippen molar-refractivity contribution in [3.63, 3.8) is 0 Å². The van der Waals surface area contributed by atoms with Crippen LogP contribution in [0.15, 0.2) is 58.4 Å². The molecule has 106 valence electrons. The fraction of sp³-hybridized carbons (Fsp3) is 0.133. The molecule has 1 aliphatic rings. The van der Waals surface area contributed by atoms with Gasteiger partial charge in [-0.15, -0.1) is 0 Å². The highest BCUT2D eigenvalue weighted by atomic mass is 79.9. The molecule has 1 amide bonds. The van der Waals surface area contributed by atoms with Gasteiger partial charge < -0.3 is 5.11 Å². The molecule has 0 radical (unpaired) electrons. The van der Waals surface area contributed by atoms with Gasteiger partial charge >= 0.3 is 0 Å². The van der Waals surface area contributed by atoms with Crippen LogP contribution in [-0.4, -0.2) is 27.2 Å². The lowest BCUT2D eigenvalue weighted by molar-refractivity contribution is -0.0764. The first-order valence-electron chi connectivity index (χ1n) is 6.37. The standard InChI is InChI=1S/C15H12BrN3O2/c16-13-5-3-12(4-6-13)15(21)7-9-18-19(15)14(20)11-2-1-8-17-10-11/h1-6,8-10,21H,7H2. The minimum atomic E-state index is -1.46. The SMILES string of the molecule is O=C(c1cccnc1)N1N=CCC1(O)c1ccc(Br)cc1. The second-order valence-corrected chi connectivity index (χ2v) is 5.60. The van der Waals surface area contributed by atoms with Gasteiger partial charge in [0.15, 0.2) is 5.72 Å². The minimum Gasteiger partial charge on any atom is -0.365 e. The molecular weight excluding hydrogens is 334 g/mol. The molecule has 2 heterocycles. The van der Waals surface area contributed by atoms with Crippen molar-refractivity contribution in [1.29, 1.82) is 0 Å². The average Bonchev–Trinajstić information content (AvgIpc) is 2.91. The third-order valence-electron chi connectivity index (χ3n) is 3.33. The van der Waals surface area contributed by atoms with Crippen molar-refractivity contribution in [3.8, 4) is 0 Å². The number of carbonyl (C=O) groups is 1. The van der Waals surface area contributed by atoms with E-state index >= 15 is 0 Å². The summed E-state index contributed by atoms with van der Waals surface area (Å²) in [5, 5.41) is 16.0. The molecule has 2 aromatic rings. The maximum absolute atomic E-state index is 12.5. The first kappa shape index (κ1) is 13.9. The van der Waals surface area contributed by atoms with E-state index < -0.39 is 5.72 Å². The number of amides is 1. The van der Waals surface area contributed by atoms with E-state index in [1.165, 1.54) is 12.4 Å². The van der Waals surface area contributed by atoms with Crippen LogP contribution in [0.3, 0.4) is 0 Å². The molecule has 1 unspecified atom stereocenters. The van der Waals surface area contributed by atoms with Crippen LogP contribution >= 0.6 is 15.9 Å². The lowest BCUT2D eigenvalue weighted by Crippen LogP contribution is -2.43. The monoisotopic (exact) mass is 345 g/mol. The lowest BCUT2D eigenvalue weighted by Gasteiger charge is -2.31. The molecule has 6 heteroatoms. The van der Waals surface area contributed by atoms with E-state index in [2.05, 4.69) is 26.0 Å². The fourth-order valence-electron chi connectivity index (χ4n) is 2.22. The summed E-state index contributed by atoms with van der Waals surface area (Å²) in [6, 6.07) is 10.5. The van der Waals surface area contributed by atoms with Crippen molar-refractivity contribution < 1.29 is 9.90 Å². The molecule has 0 aliphatic carbocycles. The number of hydrogen-bond donors (Lipinski definition) is 1. The van der Waals surface area contributed by atoms with Crippen molar-refractivity contribution >= 4 is 28.1 Å². The van der Waals surface area contributed by atoms with Crippen LogP contribution in [0.5, 0.6) is 0 Å². The van der Waals surface area contributed by atoms with E-state index in [1.807, 2.05) is 12.1 Å². The van der Waals surface area contributed by atoms with Gasteiger partial charge in [-0.05, 0) is 24.3 Å². The Kier molecular flexibility index (Phi) is 3.57. The van der Waals surface area contributed by atoms with Crippen molar-refractivity contribution in [3.05, 3.63) is 64.4 Å². The van der Waals surface area contributed by atoms with E-state index in [4.69, 9.17) is 0 Å². The molecule has 0 saturated carbocycles. The van der Waals surface area contributed by atoms with E-state index in [1.54, 1.807) is 30.5 Å². The summed E-state index contributed by atoms with van der Waals surface area (Å²) in [7, 11) is 0. The van der Waals surface area contributed by atoms with Gasteiger partial charge in [0, 0.05) is 35.1 Å². The molecule has 0 bridgehead atoms. The average molecular weight is 346 g/mol. The van der Waals surface area contributed by atoms with Crippen LogP contribution in [0.25, 0.3) is 0 Å². The van der Waals surface area contributed by atoms with Gasteiger partial charge in [0.25, 0.3) is 5.91 Å². The molecule has 1 N–H and O–H groups in total. The number of benzene rings is 1. The highest BCUT2D eigenvalue weighted by Gasteiger charge is 2.42. The Morgan fingerprint density at radius 3 is 2.71 bits per heavy atom. The number of aromatic nitrogens is 1. The second-order valence-electron chi connectivity index (χ2n) is 4.68. The lowest BCUT2D eigenvalue weighted by atomic mass is 9.99. The van der Waals surface area contributed by atoms with Crippen molar-refractivity contribution in [2.75, 3.05) is 0 Å². The number of carbonyl (C=O) groups excluding carboxylic acids is 1. The quantitative estimate of drug-likeness (QED) is 0.909. The topological polar surface area (TPSA) is 65.8 Å². The van der Waals surface area contributed by atoms with Gasteiger partial charge in [0.2, 0.25) is 0 Å². The molecule has 5 nitrogen and oxygen atoms in total. The second kappa shape index (κ2) is 5.38. The third kappa shape index (κ3) is 2.48. The zero-order chi connectivity index (χ0) is 14.9. The van der Waals surface area contributed by atoms with Crippen LogP contribution in [0, 0.1) is 0 Å². The maximum Gasteiger partial charge on any atom is 0.278 e. The molecule has 1 aliphatic heterocycles. The van der Waals surface area contributed by atoms with Crippen molar-refractivity contribution in [1.82, 2.24) is 9.99 Å². The van der Waals surface area contributed by atoms with E-state index in [0.717, 1.165) is 9.48 Å². The number of hydrogen-bond acceptors (Lipinski definition) is 4. The fourth-order valence-corrected chi connectivity index (χ4v) is 2.49. The van der Waals surface area contributed by atoms with Gasteiger partial charge in [-0.2, -0.15) is 10.1 Å². The number of hydrazone groups is 1. The summed E-state index contributed by atoms with van der Waals surface area (Å²) in [6.07, 6.45) is 4.83. The summed E-state index contributed by atoms with van der Waals surface area (Å²) < 4.78 is 0.902. The Morgan fingerprint density at radius 2 is 2.05 bits per heavy atom. The van der Waals surface area contributed by atoms with Crippen LogP contribution < -0.4 is 0 Å². The summed E-state index contributed by atoms with van der Waals surface area (Å²) in [4.78, 5) is 16.4. The Balaban J connectivity index is 1.96. The van der Waals surface area contributed by atoms with E-state index in [9.17, 15) is 9.90 Å². The summed E-state index contributed by atoms with van der Waals surface area (Å²) >= 11 is 3.35. The molecule has 21 heavy (non-hydrogen) atoms. The first-order chi connectivity index (χ1) is 10.1. The zero-order valence-electron chi connectivity index (χ0n) is 11.0. The number of pyridine rings is 1. The number of rotatable bonds is 2. The highest BCUT2D eigenvalue weighted by Crippen LogP contribution is 2.34. The number of halogens is 1. The largest absolute Gasteiger partial charge is 0.365 e. The Hall–Kier alpha value is -2.05. The molecule has 3 rings (SSSR count). The van der Waals surface area contributed by atoms with Crippen LogP contribution in [0.2, 0.25) is 0 Å². The van der Waals surface area contributed by atoms with Crippen LogP contribution in [-0.2, 0) is 5.72 Å². The molecule has 0 saturated heterocycles. The Labute approximate surface area is 130 Å². The van der Waals surface area contributed by atoms with E-state index in [0.29, 0.717) is 11.1 Å². The normalized spacial score (nSPS) is 20.8. The maximum atomic E-state index is 12.5. The Bertz CT molecular complexity index is 688. The zero-order valence-corrected chi connectivity index (χ0v) is 12.6. The molecular formula is C15H12BrN3O2. The summed E-state index contributed by atoms with van der Waals surface area (Å²) in [5.74, 6) is -0.387. The van der Waals surface area contributed by atoms with E-state index in [-0.39, 0.29) is 12.3 Å². The van der Waals surface area contributed by atoms with Gasteiger partial charge in [0.05, 0.1) is 5.56 Å². The first-order valence-corrected chi connectivity index (χ1v) is 7.16. The summed E-state index contributed by atoms with van der Waals surface area (Å²) in [6.45, 7) is 0. The predicted octanol–water partition coefficient (Wildman–Crippen LogP) is 2.52. The highest BCUT2D eigenvalue weighted by molar-refractivity contribution is 9.10. The van der Waals surface area contributed by atoms with Gasteiger partial charge in [-0.1, -0.05) is 28.1 Å². The van der Waals surface area contributed by atoms with Crippen LogP contribution in [0.1, 0.15) is 22.3 Å². The van der Waals surface area contributed by atoms with Crippen molar-refractivity contribution in [2.24, 2.45) is 5.10 Å². The molecule has 1 atom stereocenters. The van der Waals surface area contributed by atoms with Gasteiger partial charge in [-0.25, -0.2) is 0 Å². The van der Waals surface area contributed by atoms with Crippen molar-refractivity contribution in [2.45, 2.75) is 12.1 Å². The Morgan fingerprint density at radius 1 is 1.29 bits per heavy atom. The minimum absolute atomic E-state index is 0.251. The molecule has 1 aromatic carbocycles. The summed E-state index contributed by atoms with van der Waals surface area (Å²) in [5.41, 5.74) is -0.472. The van der Waals surface area contributed by atoms with Crippen LogP contribution in [0.4, 0.5) is 0 Å². The smallest absolute Gasteiger partial charge is 0.278 e. The van der Waals surface area contributed by atoms with Gasteiger partial charge in [0.1, 0.15) is 0 Å². The number of aliphatic hydroxyl groups is 1. The van der Waals surface area contributed by atoms with Gasteiger partial charge in [-0.3, -0.25) is 9.78 Å². The molecule has 0 spiro atoms. The molecule has 0 fully saturated rings.